The van der Waals surface area contributed by atoms with Crippen LogP contribution in [0.3, 0.4) is 0 Å². The van der Waals surface area contributed by atoms with Crippen molar-refractivity contribution in [1.82, 2.24) is 0 Å². The van der Waals surface area contributed by atoms with E-state index in [9.17, 15) is 15.0 Å². The Morgan fingerprint density at radius 2 is 1.68 bits per heavy atom. The Hall–Kier alpha value is -0.610. The fraction of sp³-hybridized carbons (Fsp3) is 0.958. The molecule has 0 aromatic rings. The summed E-state index contributed by atoms with van der Waals surface area (Å²) in [6.45, 7) is 7.16. The SMILES string of the molecule is CC(CCC(=O)O)[C@H]1CC[C@H]2[C@@H]3C(O)C[C@@H]4CC(O)CC[C@]4(C)[C@@H]3CC[C@]12C. The van der Waals surface area contributed by atoms with Crippen LogP contribution in [0.25, 0.3) is 0 Å². The highest BCUT2D eigenvalue weighted by Crippen LogP contribution is 2.68. The molecule has 4 aliphatic rings. The van der Waals surface area contributed by atoms with Crippen molar-refractivity contribution in [2.75, 3.05) is 0 Å². The normalized spacial score (nSPS) is 51.7. The van der Waals surface area contributed by atoms with Gasteiger partial charge in [-0.05, 0) is 104 Å². The molecule has 10 atom stereocenters. The molecule has 0 amide bonds. The largest absolute Gasteiger partial charge is 0.481 e. The van der Waals surface area contributed by atoms with Crippen LogP contribution in [-0.4, -0.2) is 33.5 Å². The Morgan fingerprint density at radius 1 is 1.00 bits per heavy atom. The van der Waals surface area contributed by atoms with E-state index in [2.05, 4.69) is 20.8 Å². The van der Waals surface area contributed by atoms with Gasteiger partial charge in [0.25, 0.3) is 0 Å². The monoisotopic (exact) mass is 392 g/mol. The number of carboxylic acids is 1. The zero-order valence-corrected chi connectivity index (χ0v) is 17.9. The lowest BCUT2D eigenvalue weighted by molar-refractivity contribution is -0.174. The van der Waals surface area contributed by atoms with Gasteiger partial charge < -0.3 is 15.3 Å². The number of aliphatic hydroxyl groups excluding tert-OH is 2. The first kappa shape index (κ1) is 20.7. The molecule has 4 saturated carbocycles. The van der Waals surface area contributed by atoms with Crippen molar-refractivity contribution < 1.29 is 20.1 Å². The summed E-state index contributed by atoms with van der Waals surface area (Å²) in [6.07, 6.45) is 9.19. The fourth-order valence-electron chi connectivity index (χ4n) is 8.73. The summed E-state index contributed by atoms with van der Waals surface area (Å²) in [5.41, 5.74) is 0.523. The molecule has 4 fully saturated rings. The predicted octanol–water partition coefficient (Wildman–Crippen LogP) is 4.48. The number of aliphatic hydroxyl groups is 2. The van der Waals surface area contributed by atoms with Gasteiger partial charge in [-0.25, -0.2) is 0 Å². The van der Waals surface area contributed by atoms with Gasteiger partial charge in [-0.15, -0.1) is 0 Å². The van der Waals surface area contributed by atoms with Crippen LogP contribution in [0, 0.1) is 46.3 Å². The minimum absolute atomic E-state index is 0.179. The van der Waals surface area contributed by atoms with E-state index in [4.69, 9.17) is 5.11 Å². The van der Waals surface area contributed by atoms with Gasteiger partial charge in [0.05, 0.1) is 12.2 Å². The molecule has 28 heavy (non-hydrogen) atoms. The van der Waals surface area contributed by atoms with Crippen LogP contribution >= 0.6 is 0 Å². The van der Waals surface area contributed by atoms with Crippen molar-refractivity contribution in [2.45, 2.75) is 97.2 Å². The van der Waals surface area contributed by atoms with Crippen LogP contribution in [-0.2, 0) is 4.79 Å². The van der Waals surface area contributed by atoms with Crippen molar-refractivity contribution in [3.05, 3.63) is 0 Å². The smallest absolute Gasteiger partial charge is 0.303 e. The van der Waals surface area contributed by atoms with Crippen molar-refractivity contribution in [3.63, 3.8) is 0 Å². The van der Waals surface area contributed by atoms with Crippen LogP contribution in [0.5, 0.6) is 0 Å². The zero-order chi connectivity index (χ0) is 20.3. The van der Waals surface area contributed by atoms with Gasteiger partial charge in [0.1, 0.15) is 0 Å². The first-order chi connectivity index (χ1) is 13.2. The maximum Gasteiger partial charge on any atom is 0.303 e. The van der Waals surface area contributed by atoms with Crippen LogP contribution in [0.4, 0.5) is 0 Å². The summed E-state index contributed by atoms with van der Waals surface area (Å²) >= 11 is 0. The number of aliphatic carboxylic acids is 1. The summed E-state index contributed by atoms with van der Waals surface area (Å²) in [4.78, 5) is 11.1. The topological polar surface area (TPSA) is 77.8 Å². The molecule has 0 bridgehead atoms. The molecule has 0 heterocycles. The Balaban J connectivity index is 1.55. The standard InChI is InChI=1S/C24H40O4/c1-14(4-7-21(27)28)17-5-6-18-22-19(9-11-24(17,18)3)23(2)10-8-16(25)12-15(23)13-20(22)26/h14-20,22,25-26H,4-13H2,1-3H3,(H,27,28)/t14?,15-,16?,17+,18-,19+,20?,22-,23-,24+/m0/s1. The molecular weight excluding hydrogens is 352 g/mol. The molecular formula is C24H40O4. The number of fused-ring (bicyclic) bond motifs is 5. The summed E-state index contributed by atoms with van der Waals surface area (Å²) in [7, 11) is 0. The zero-order valence-electron chi connectivity index (χ0n) is 17.9. The van der Waals surface area contributed by atoms with Gasteiger partial charge in [-0.1, -0.05) is 20.8 Å². The van der Waals surface area contributed by atoms with Crippen molar-refractivity contribution >= 4 is 5.97 Å². The average molecular weight is 393 g/mol. The Labute approximate surface area is 170 Å². The minimum atomic E-state index is -0.684. The van der Waals surface area contributed by atoms with E-state index in [1.807, 2.05) is 0 Å². The second kappa shape index (κ2) is 7.27. The van der Waals surface area contributed by atoms with Gasteiger partial charge in [-0.2, -0.15) is 0 Å². The predicted molar refractivity (Wildman–Crippen MR) is 109 cm³/mol. The molecule has 0 saturated heterocycles. The Kier molecular flexibility index (Phi) is 5.36. The maximum atomic E-state index is 11.2. The molecule has 0 radical (unpaired) electrons. The molecule has 0 aromatic carbocycles. The van der Waals surface area contributed by atoms with Crippen molar-refractivity contribution in [1.29, 1.82) is 0 Å². The Morgan fingerprint density at radius 3 is 2.39 bits per heavy atom. The van der Waals surface area contributed by atoms with Crippen molar-refractivity contribution in [2.24, 2.45) is 46.3 Å². The molecule has 3 N–H and O–H groups in total. The lowest BCUT2D eigenvalue weighted by Gasteiger charge is -2.62. The summed E-state index contributed by atoms with van der Waals surface area (Å²) in [6, 6.07) is 0. The van der Waals surface area contributed by atoms with Crippen LogP contribution < -0.4 is 0 Å². The van der Waals surface area contributed by atoms with Gasteiger partial charge in [-0.3, -0.25) is 4.79 Å². The lowest BCUT2D eigenvalue weighted by atomic mass is 9.43. The number of rotatable bonds is 4. The maximum absolute atomic E-state index is 11.2. The molecule has 4 aliphatic carbocycles. The number of hydrogen-bond acceptors (Lipinski definition) is 3. The van der Waals surface area contributed by atoms with E-state index in [-0.39, 0.29) is 29.5 Å². The molecule has 3 unspecified atom stereocenters. The number of hydrogen-bond donors (Lipinski definition) is 3. The highest BCUT2D eigenvalue weighted by molar-refractivity contribution is 5.66. The van der Waals surface area contributed by atoms with E-state index in [0.29, 0.717) is 35.5 Å². The van der Waals surface area contributed by atoms with Gasteiger partial charge >= 0.3 is 5.97 Å². The van der Waals surface area contributed by atoms with E-state index in [1.54, 1.807) is 0 Å². The van der Waals surface area contributed by atoms with Crippen molar-refractivity contribution in [3.8, 4) is 0 Å². The van der Waals surface area contributed by atoms with Gasteiger partial charge in [0, 0.05) is 6.42 Å². The molecule has 160 valence electrons. The highest BCUT2D eigenvalue weighted by Gasteiger charge is 2.62. The van der Waals surface area contributed by atoms with E-state index < -0.39 is 5.97 Å². The van der Waals surface area contributed by atoms with Gasteiger partial charge in [0.2, 0.25) is 0 Å². The van der Waals surface area contributed by atoms with Crippen LogP contribution in [0.1, 0.15) is 85.0 Å². The number of carboxylic acid groups (broad SMARTS) is 1. The van der Waals surface area contributed by atoms with Crippen LogP contribution in [0.2, 0.25) is 0 Å². The van der Waals surface area contributed by atoms with Gasteiger partial charge in [0.15, 0.2) is 0 Å². The first-order valence-electron chi connectivity index (χ1n) is 11.7. The molecule has 4 nitrogen and oxygen atoms in total. The summed E-state index contributed by atoms with van der Waals surface area (Å²) < 4.78 is 0. The fourth-order valence-corrected chi connectivity index (χ4v) is 8.73. The van der Waals surface area contributed by atoms with Crippen LogP contribution in [0.15, 0.2) is 0 Å². The van der Waals surface area contributed by atoms with E-state index in [0.717, 1.165) is 32.1 Å². The highest BCUT2D eigenvalue weighted by atomic mass is 16.4. The molecule has 0 aromatic heterocycles. The third-order valence-corrected chi connectivity index (χ3v) is 10.2. The quantitative estimate of drug-likeness (QED) is 0.659. The molecule has 4 heteroatoms. The minimum Gasteiger partial charge on any atom is -0.481 e. The third kappa shape index (κ3) is 3.14. The molecule has 0 spiro atoms. The third-order valence-electron chi connectivity index (χ3n) is 10.2. The van der Waals surface area contributed by atoms with E-state index in [1.165, 1.54) is 25.7 Å². The summed E-state index contributed by atoms with van der Waals surface area (Å²) in [5, 5.41) is 30.5. The average Bonchev–Trinajstić information content (AvgIpc) is 2.98. The first-order valence-corrected chi connectivity index (χ1v) is 11.7. The second-order valence-corrected chi connectivity index (χ2v) is 11.4. The lowest BCUT2D eigenvalue weighted by Crippen LogP contribution is -2.58. The van der Waals surface area contributed by atoms with E-state index >= 15 is 0 Å². The summed E-state index contributed by atoms with van der Waals surface area (Å²) in [5.74, 6) is 2.36. The number of carbonyl (C=O) groups is 1. The molecule has 0 aliphatic heterocycles. The molecule has 4 rings (SSSR count). The Bertz CT molecular complexity index is 605. The second-order valence-electron chi connectivity index (χ2n) is 11.4.